The molecular formula is C15H18ClN. The highest BCUT2D eigenvalue weighted by Gasteiger charge is 2.14. The lowest BCUT2D eigenvalue weighted by atomic mass is 9.90. The van der Waals surface area contributed by atoms with Crippen molar-refractivity contribution < 1.29 is 0 Å². The Morgan fingerprint density at radius 2 is 1.82 bits per heavy atom. The van der Waals surface area contributed by atoms with E-state index < -0.39 is 0 Å². The smallest absolute Gasteiger partial charge is 0.00201 e. The van der Waals surface area contributed by atoms with Crippen LogP contribution in [0, 0.1) is 0 Å². The van der Waals surface area contributed by atoms with Crippen molar-refractivity contribution >= 4 is 23.2 Å². The molecule has 0 aliphatic carbocycles. The molecule has 1 nitrogen and oxygen atoms in total. The van der Waals surface area contributed by atoms with Crippen LogP contribution in [0.15, 0.2) is 42.5 Å². The maximum absolute atomic E-state index is 3.48. The molecule has 17 heavy (non-hydrogen) atoms. The fourth-order valence-electron chi connectivity index (χ4n) is 2.60. The van der Waals surface area contributed by atoms with E-state index in [1.165, 1.54) is 35.7 Å². The number of halogens is 1. The van der Waals surface area contributed by atoms with E-state index in [4.69, 9.17) is 0 Å². The highest BCUT2D eigenvalue weighted by molar-refractivity contribution is 5.85. The van der Waals surface area contributed by atoms with Gasteiger partial charge in [-0.15, -0.1) is 12.4 Å². The summed E-state index contributed by atoms with van der Waals surface area (Å²) in [6.07, 6.45) is 2.63. The monoisotopic (exact) mass is 247 g/mol. The maximum atomic E-state index is 3.48. The van der Waals surface area contributed by atoms with Crippen LogP contribution in [0.4, 0.5) is 0 Å². The second kappa shape index (κ2) is 5.52. The molecule has 0 amide bonds. The molecule has 90 valence electrons. The molecule has 0 saturated carbocycles. The predicted molar refractivity (Wildman–Crippen MR) is 76.0 cm³/mol. The zero-order valence-corrected chi connectivity index (χ0v) is 10.7. The predicted octanol–water partition coefficient (Wildman–Crippen LogP) is 3.73. The molecule has 2 heteroatoms. The lowest BCUT2D eigenvalue weighted by Gasteiger charge is -2.23. The molecule has 1 N–H and O–H groups in total. The summed E-state index contributed by atoms with van der Waals surface area (Å²) in [5, 5.41) is 6.19. The number of hydrogen-bond donors (Lipinski definition) is 1. The summed E-state index contributed by atoms with van der Waals surface area (Å²) in [6.45, 7) is 2.32. The minimum Gasteiger partial charge on any atom is -0.316 e. The van der Waals surface area contributed by atoms with Crippen molar-refractivity contribution in [3.63, 3.8) is 0 Å². The van der Waals surface area contributed by atoms with Crippen LogP contribution >= 0.6 is 12.4 Å². The fraction of sp³-hybridized carbons (Fsp3) is 0.333. The van der Waals surface area contributed by atoms with E-state index in [0.29, 0.717) is 5.92 Å². The summed E-state index contributed by atoms with van der Waals surface area (Å²) < 4.78 is 0. The van der Waals surface area contributed by atoms with Crippen LogP contribution in [-0.4, -0.2) is 13.1 Å². The van der Waals surface area contributed by atoms with Crippen LogP contribution in [0.25, 0.3) is 10.8 Å². The molecule has 0 radical (unpaired) electrons. The quantitative estimate of drug-likeness (QED) is 0.810. The van der Waals surface area contributed by atoms with Crippen molar-refractivity contribution in [3.8, 4) is 0 Å². The van der Waals surface area contributed by atoms with Crippen molar-refractivity contribution in [1.82, 2.24) is 5.32 Å². The highest BCUT2D eigenvalue weighted by atomic mass is 35.5. The molecule has 0 aromatic heterocycles. The summed E-state index contributed by atoms with van der Waals surface area (Å²) in [6, 6.07) is 15.5. The lowest BCUT2D eigenvalue weighted by molar-refractivity contribution is 0.462. The fourth-order valence-corrected chi connectivity index (χ4v) is 2.60. The second-order valence-electron chi connectivity index (χ2n) is 4.65. The number of piperidine rings is 1. The molecule has 1 heterocycles. The molecule has 2 aromatic carbocycles. The number of rotatable bonds is 1. The third-order valence-corrected chi connectivity index (χ3v) is 3.54. The lowest BCUT2D eigenvalue weighted by Crippen LogP contribution is -2.28. The van der Waals surface area contributed by atoms with E-state index in [1.54, 1.807) is 0 Å². The van der Waals surface area contributed by atoms with Crippen LogP contribution in [0.1, 0.15) is 24.3 Å². The average molecular weight is 248 g/mol. The van der Waals surface area contributed by atoms with Crippen LogP contribution in [0.2, 0.25) is 0 Å². The van der Waals surface area contributed by atoms with E-state index >= 15 is 0 Å². The van der Waals surface area contributed by atoms with Gasteiger partial charge in [0, 0.05) is 6.54 Å². The summed E-state index contributed by atoms with van der Waals surface area (Å²) in [5.74, 6) is 0.707. The van der Waals surface area contributed by atoms with E-state index in [2.05, 4.69) is 47.8 Å². The summed E-state index contributed by atoms with van der Waals surface area (Å²) >= 11 is 0. The van der Waals surface area contributed by atoms with Crippen LogP contribution < -0.4 is 5.32 Å². The number of nitrogens with one attached hydrogen (secondary N) is 1. The molecule has 1 saturated heterocycles. The molecule has 3 rings (SSSR count). The number of fused-ring (bicyclic) bond motifs is 1. The Hall–Kier alpha value is -1.05. The molecule has 1 atom stereocenters. The SMILES string of the molecule is Cl.c1ccc2cc(C3CCCNC3)ccc2c1. The van der Waals surface area contributed by atoms with Crippen LogP contribution in [0.3, 0.4) is 0 Å². The maximum Gasteiger partial charge on any atom is 0.00201 e. The van der Waals surface area contributed by atoms with Crippen molar-refractivity contribution in [2.24, 2.45) is 0 Å². The summed E-state index contributed by atoms with van der Waals surface area (Å²) in [7, 11) is 0. The molecule has 1 unspecified atom stereocenters. The second-order valence-corrected chi connectivity index (χ2v) is 4.65. The zero-order chi connectivity index (χ0) is 10.8. The first kappa shape index (κ1) is 12.4. The first-order valence-electron chi connectivity index (χ1n) is 6.13. The van der Waals surface area contributed by atoms with Gasteiger partial charge in [-0.2, -0.15) is 0 Å². The van der Waals surface area contributed by atoms with E-state index in [0.717, 1.165) is 6.54 Å². The van der Waals surface area contributed by atoms with Gasteiger partial charge in [-0.3, -0.25) is 0 Å². The minimum atomic E-state index is 0. The van der Waals surface area contributed by atoms with E-state index in [-0.39, 0.29) is 12.4 Å². The van der Waals surface area contributed by atoms with E-state index in [9.17, 15) is 0 Å². The Bertz CT molecular complexity index is 489. The molecule has 1 aliphatic rings. The molecule has 2 aromatic rings. The van der Waals surface area contributed by atoms with Gasteiger partial charge in [0.1, 0.15) is 0 Å². The highest BCUT2D eigenvalue weighted by Crippen LogP contribution is 2.26. The van der Waals surface area contributed by atoms with Crippen molar-refractivity contribution in [2.45, 2.75) is 18.8 Å². The van der Waals surface area contributed by atoms with Gasteiger partial charge in [0.2, 0.25) is 0 Å². The van der Waals surface area contributed by atoms with Gasteiger partial charge in [-0.05, 0) is 41.6 Å². The average Bonchev–Trinajstić information content (AvgIpc) is 2.39. The third kappa shape index (κ3) is 2.62. The minimum absolute atomic E-state index is 0. The Kier molecular flexibility index (Phi) is 4.03. The van der Waals surface area contributed by atoms with Gasteiger partial charge in [0.25, 0.3) is 0 Å². The first-order chi connectivity index (χ1) is 7.93. The van der Waals surface area contributed by atoms with Crippen molar-refractivity contribution in [3.05, 3.63) is 48.0 Å². The van der Waals surface area contributed by atoms with Gasteiger partial charge in [0.15, 0.2) is 0 Å². The normalized spacial score (nSPS) is 19.9. The van der Waals surface area contributed by atoms with Crippen molar-refractivity contribution in [2.75, 3.05) is 13.1 Å². The molecule has 0 spiro atoms. The number of hydrogen-bond acceptors (Lipinski definition) is 1. The topological polar surface area (TPSA) is 12.0 Å². The Labute approximate surface area is 109 Å². The Morgan fingerprint density at radius 1 is 1.00 bits per heavy atom. The van der Waals surface area contributed by atoms with E-state index in [1.807, 2.05) is 0 Å². The third-order valence-electron chi connectivity index (χ3n) is 3.54. The van der Waals surface area contributed by atoms with Gasteiger partial charge >= 0.3 is 0 Å². The number of benzene rings is 2. The summed E-state index contributed by atoms with van der Waals surface area (Å²) in [5.41, 5.74) is 1.49. The molecule has 1 fully saturated rings. The van der Waals surface area contributed by atoms with Gasteiger partial charge < -0.3 is 5.32 Å². The van der Waals surface area contributed by atoms with Gasteiger partial charge in [-0.25, -0.2) is 0 Å². The zero-order valence-electron chi connectivity index (χ0n) is 9.86. The first-order valence-corrected chi connectivity index (χ1v) is 6.13. The van der Waals surface area contributed by atoms with Crippen LogP contribution in [0.5, 0.6) is 0 Å². The standard InChI is InChI=1S/C15H17N.ClH/c1-2-5-13-10-14(8-7-12(13)4-1)15-6-3-9-16-11-15;/h1-2,4-5,7-8,10,15-16H,3,6,9,11H2;1H. The summed E-state index contributed by atoms with van der Waals surface area (Å²) in [4.78, 5) is 0. The van der Waals surface area contributed by atoms with Crippen LogP contribution in [-0.2, 0) is 0 Å². The molecule has 0 bridgehead atoms. The largest absolute Gasteiger partial charge is 0.316 e. The van der Waals surface area contributed by atoms with Gasteiger partial charge in [0.05, 0.1) is 0 Å². The Morgan fingerprint density at radius 3 is 2.59 bits per heavy atom. The van der Waals surface area contributed by atoms with Gasteiger partial charge in [-0.1, -0.05) is 42.5 Å². The molecular weight excluding hydrogens is 230 g/mol. The molecule has 1 aliphatic heterocycles. The Balaban J connectivity index is 0.00000108. The van der Waals surface area contributed by atoms with Crippen molar-refractivity contribution in [1.29, 1.82) is 0 Å².